The Kier molecular flexibility index (Phi) is 7.44. The second-order valence-corrected chi connectivity index (χ2v) is 9.33. The molecule has 1 aromatic rings. The van der Waals surface area contributed by atoms with Crippen molar-refractivity contribution in [1.82, 2.24) is 4.72 Å². The van der Waals surface area contributed by atoms with E-state index in [1.54, 1.807) is 20.8 Å². The lowest BCUT2D eigenvalue weighted by molar-refractivity contribution is -0.143. The third kappa shape index (κ3) is 6.03. The standard InChI is InChI=1S/C18H25F2NO5S/c1-18(2,3)27(24)21-16(15(20)17(22)23)13-10-12(4-5-14(13)19)26-11-6-8-25-9-7-11/h4-5,10-11,15-16,21H,6-9H2,1-3H3,(H,22,23). The number of rotatable bonds is 7. The summed E-state index contributed by atoms with van der Waals surface area (Å²) in [5.74, 6) is -2.28. The smallest absolute Gasteiger partial charge is 0.340 e. The van der Waals surface area contributed by atoms with Crippen LogP contribution in [-0.2, 0) is 20.9 Å². The number of halogens is 2. The van der Waals surface area contributed by atoms with Crippen LogP contribution < -0.4 is 9.46 Å². The predicted molar refractivity (Wildman–Crippen MR) is 97.2 cm³/mol. The molecule has 3 atom stereocenters. The average Bonchev–Trinajstić information content (AvgIpc) is 2.60. The fraction of sp³-hybridized carbons (Fsp3) is 0.611. The van der Waals surface area contributed by atoms with Crippen LogP contribution in [0.15, 0.2) is 18.2 Å². The van der Waals surface area contributed by atoms with Gasteiger partial charge in [0, 0.05) is 29.8 Å². The topological polar surface area (TPSA) is 90.9 Å². The van der Waals surface area contributed by atoms with Gasteiger partial charge in [-0.1, -0.05) is 0 Å². The molecule has 1 heterocycles. The van der Waals surface area contributed by atoms with Crippen molar-refractivity contribution in [2.24, 2.45) is 0 Å². The van der Waals surface area contributed by atoms with E-state index >= 15 is 0 Å². The van der Waals surface area contributed by atoms with Crippen molar-refractivity contribution in [2.75, 3.05) is 13.2 Å². The molecule has 9 heteroatoms. The highest BCUT2D eigenvalue weighted by molar-refractivity contribution is 7.90. The van der Waals surface area contributed by atoms with Gasteiger partial charge in [-0.2, -0.15) is 0 Å². The minimum absolute atomic E-state index is 0.118. The molecule has 1 aromatic carbocycles. The molecule has 27 heavy (non-hydrogen) atoms. The number of hydrogen-bond donors (Lipinski definition) is 2. The zero-order chi connectivity index (χ0) is 20.2. The maximum absolute atomic E-state index is 14.4. The zero-order valence-electron chi connectivity index (χ0n) is 15.5. The summed E-state index contributed by atoms with van der Waals surface area (Å²) in [4.78, 5) is 11.2. The number of ether oxygens (including phenoxy) is 2. The van der Waals surface area contributed by atoms with Gasteiger partial charge in [0.2, 0.25) is 6.17 Å². The predicted octanol–water partition coefficient (Wildman–Crippen LogP) is 2.90. The van der Waals surface area contributed by atoms with Crippen molar-refractivity contribution in [1.29, 1.82) is 0 Å². The fourth-order valence-electron chi connectivity index (χ4n) is 2.54. The van der Waals surface area contributed by atoms with E-state index in [9.17, 15) is 18.1 Å². The second-order valence-electron chi connectivity index (χ2n) is 7.33. The molecule has 0 aliphatic carbocycles. The molecule has 2 N–H and O–H groups in total. The van der Waals surface area contributed by atoms with Crippen molar-refractivity contribution >= 4 is 17.3 Å². The Bertz CT molecular complexity index is 649. The van der Waals surface area contributed by atoms with Crippen molar-refractivity contribution in [3.8, 4) is 5.75 Å². The highest BCUT2D eigenvalue weighted by Crippen LogP contribution is 2.30. The van der Waals surface area contributed by atoms with Gasteiger partial charge in [0.15, 0.2) is 0 Å². The first kappa shape index (κ1) is 21.9. The first-order valence-electron chi connectivity index (χ1n) is 8.68. The Morgan fingerprint density at radius 2 is 2.04 bits per heavy atom. The molecule has 3 unspecified atom stereocenters. The molecular formula is C18H25F2NO5S. The van der Waals surface area contributed by atoms with Gasteiger partial charge in [0.1, 0.15) is 28.5 Å². The molecular weight excluding hydrogens is 380 g/mol. The molecule has 0 amide bonds. The van der Waals surface area contributed by atoms with Gasteiger partial charge in [-0.15, -0.1) is 4.72 Å². The monoisotopic (exact) mass is 405 g/mol. The van der Waals surface area contributed by atoms with Crippen LogP contribution in [0, 0.1) is 5.82 Å². The summed E-state index contributed by atoms with van der Waals surface area (Å²) < 4.78 is 53.8. The molecule has 0 saturated carbocycles. The molecule has 0 radical (unpaired) electrons. The summed E-state index contributed by atoms with van der Waals surface area (Å²) in [6, 6.07) is 2.13. The van der Waals surface area contributed by atoms with Crippen LogP contribution in [0.4, 0.5) is 8.78 Å². The minimum atomic E-state index is -2.48. The molecule has 0 spiro atoms. The molecule has 1 aliphatic rings. The normalized spacial score (nSPS) is 19.3. The van der Waals surface area contributed by atoms with Crippen LogP contribution in [0.1, 0.15) is 45.2 Å². The summed E-state index contributed by atoms with van der Waals surface area (Å²) in [7, 11) is 0. The van der Waals surface area contributed by atoms with Crippen LogP contribution in [0.25, 0.3) is 0 Å². The maximum atomic E-state index is 14.4. The number of alkyl halides is 1. The van der Waals surface area contributed by atoms with Crippen LogP contribution >= 0.6 is 0 Å². The third-order valence-electron chi connectivity index (χ3n) is 4.09. The van der Waals surface area contributed by atoms with Gasteiger partial charge in [0.05, 0.1) is 13.2 Å². The number of nitrogens with one attached hydrogen (secondary N) is 1. The molecule has 1 aliphatic heterocycles. The van der Waals surface area contributed by atoms with Crippen molar-refractivity contribution < 1.29 is 32.7 Å². The fourth-order valence-corrected chi connectivity index (χ4v) is 3.37. The lowest BCUT2D eigenvalue weighted by Gasteiger charge is -2.29. The van der Waals surface area contributed by atoms with Crippen molar-refractivity contribution in [3.05, 3.63) is 29.6 Å². The van der Waals surface area contributed by atoms with Crippen LogP contribution in [0.3, 0.4) is 0 Å². The van der Waals surface area contributed by atoms with Gasteiger partial charge in [-0.3, -0.25) is 0 Å². The van der Waals surface area contributed by atoms with E-state index in [2.05, 4.69) is 4.72 Å². The molecule has 0 aromatic heterocycles. The summed E-state index contributed by atoms with van der Waals surface area (Å²) >= 11 is -1.80. The molecule has 0 bridgehead atoms. The molecule has 2 rings (SSSR count). The number of carbonyl (C=O) groups is 1. The Balaban J connectivity index is 2.29. The third-order valence-corrected chi connectivity index (χ3v) is 5.67. The lowest BCUT2D eigenvalue weighted by Crippen LogP contribution is -2.45. The molecule has 6 nitrogen and oxygen atoms in total. The highest BCUT2D eigenvalue weighted by Gasteiger charge is 2.38. The van der Waals surface area contributed by atoms with E-state index in [-0.39, 0.29) is 11.7 Å². The van der Waals surface area contributed by atoms with E-state index in [4.69, 9.17) is 14.6 Å². The van der Waals surface area contributed by atoms with Crippen LogP contribution in [0.2, 0.25) is 0 Å². The van der Waals surface area contributed by atoms with E-state index in [1.807, 2.05) is 0 Å². The van der Waals surface area contributed by atoms with Crippen molar-refractivity contribution in [2.45, 2.75) is 56.7 Å². The van der Waals surface area contributed by atoms with Gasteiger partial charge in [-0.25, -0.2) is 13.6 Å². The Morgan fingerprint density at radius 1 is 1.41 bits per heavy atom. The SMILES string of the molecule is CC(C)(C)[S+]([O-])NC(c1cc(OC2CCOCC2)ccc1F)C(F)C(=O)O. The van der Waals surface area contributed by atoms with E-state index in [1.165, 1.54) is 12.1 Å². The highest BCUT2D eigenvalue weighted by atomic mass is 32.2. The summed E-state index contributed by atoms with van der Waals surface area (Å²) in [5.41, 5.74) is -0.243. The maximum Gasteiger partial charge on any atom is 0.340 e. The van der Waals surface area contributed by atoms with Crippen LogP contribution in [-0.4, -0.2) is 45.9 Å². The average molecular weight is 405 g/mol. The lowest BCUT2D eigenvalue weighted by atomic mass is 10.0. The first-order valence-corrected chi connectivity index (χ1v) is 9.83. The Labute approximate surface area is 160 Å². The molecule has 152 valence electrons. The number of carboxylic acid groups (broad SMARTS) is 1. The van der Waals surface area contributed by atoms with Crippen molar-refractivity contribution in [3.63, 3.8) is 0 Å². The van der Waals surface area contributed by atoms with Crippen LogP contribution in [0.5, 0.6) is 5.75 Å². The summed E-state index contributed by atoms with van der Waals surface area (Å²) in [6.07, 6.45) is -1.26. The van der Waals surface area contributed by atoms with E-state index < -0.39 is 40.1 Å². The summed E-state index contributed by atoms with van der Waals surface area (Å²) in [6.45, 7) is 6.03. The van der Waals surface area contributed by atoms with Gasteiger partial charge < -0.3 is 19.1 Å². The minimum Gasteiger partial charge on any atom is -0.598 e. The van der Waals surface area contributed by atoms with E-state index in [0.717, 1.165) is 6.07 Å². The second kappa shape index (κ2) is 9.18. The number of carboxylic acids is 1. The summed E-state index contributed by atoms with van der Waals surface area (Å²) in [5, 5.41) is 9.07. The van der Waals surface area contributed by atoms with Gasteiger partial charge >= 0.3 is 5.97 Å². The Morgan fingerprint density at radius 3 is 2.59 bits per heavy atom. The number of aliphatic carboxylic acids is 1. The first-order chi connectivity index (χ1) is 12.6. The van der Waals surface area contributed by atoms with E-state index in [0.29, 0.717) is 31.8 Å². The molecule has 1 saturated heterocycles. The molecule has 1 fully saturated rings. The quantitative estimate of drug-likeness (QED) is 0.678. The Hall–Kier alpha value is -1.42. The number of benzene rings is 1. The van der Waals surface area contributed by atoms with Gasteiger partial charge in [-0.05, 0) is 39.0 Å². The van der Waals surface area contributed by atoms with Gasteiger partial charge in [0.25, 0.3) is 0 Å². The zero-order valence-corrected chi connectivity index (χ0v) is 16.4. The number of hydrogen-bond acceptors (Lipinski definition) is 5. The largest absolute Gasteiger partial charge is 0.598 e.